The summed E-state index contributed by atoms with van der Waals surface area (Å²) >= 11 is 13.5. The summed E-state index contributed by atoms with van der Waals surface area (Å²) in [6.45, 7) is 2.98. The van der Waals surface area contributed by atoms with Crippen molar-refractivity contribution in [1.82, 2.24) is 9.88 Å². The van der Waals surface area contributed by atoms with Gasteiger partial charge in [-0.15, -0.1) is 11.3 Å². The fourth-order valence-corrected chi connectivity index (χ4v) is 4.60. The van der Waals surface area contributed by atoms with Gasteiger partial charge in [-0.1, -0.05) is 35.3 Å². The zero-order chi connectivity index (χ0) is 21.1. The van der Waals surface area contributed by atoms with Gasteiger partial charge in [0.25, 0.3) is 0 Å². The van der Waals surface area contributed by atoms with E-state index in [2.05, 4.69) is 15.2 Å². The first kappa shape index (κ1) is 21.1. The number of nitrogens with zero attached hydrogens (tertiary/aromatic N) is 3. The third-order valence-electron chi connectivity index (χ3n) is 4.89. The molecule has 0 spiro atoms. The van der Waals surface area contributed by atoms with Crippen molar-refractivity contribution in [3.05, 3.63) is 63.7 Å². The number of para-hydroxylation sites is 1. The highest BCUT2D eigenvalue weighted by Crippen LogP contribution is 2.32. The molecule has 1 aliphatic rings. The van der Waals surface area contributed by atoms with E-state index >= 15 is 0 Å². The first-order valence-electron chi connectivity index (χ1n) is 9.42. The number of anilines is 2. The number of carbonyl (C=O) groups is 1. The number of hydrogen-bond donors (Lipinski definition) is 1. The summed E-state index contributed by atoms with van der Waals surface area (Å²) < 4.78 is 14.0. The number of nitrogens with one attached hydrogen (secondary N) is 1. The molecule has 0 unspecified atom stereocenters. The number of amides is 1. The quantitative estimate of drug-likeness (QED) is 0.575. The van der Waals surface area contributed by atoms with Crippen molar-refractivity contribution in [2.75, 3.05) is 42.9 Å². The average Bonchev–Trinajstić information content (AvgIpc) is 3.17. The number of piperazine rings is 1. The average molecular weight is 465 g/mol. The molecule has 1 fully saturated rings. The van der Waals surface area contributed by atoms with Crippen molar-refractivity contribution >= 4 is 51.3 Å². The number of halogens is 3. The number of rotatable bonds is 5. The summed E-state index contributed by atoms with van der Waals surface area (Å²) in [4.78, 5) is 21.0. The molecule has 156 valence electrons. The van der Waals surface area contributed by atoms with Crippen LogP contribution in [0.2, 0.25) is 10.0 Å². The van der Waals surface area contributed by atoms with E-state index in [-0.39, 0.29) is 18.3 Å². The van der Waals surface area contributed by atoms with Crippen LogP contribution in [-0.4, -0.2) is 48.5 Å². The molecule has 0 bridgehead atoms. The Morgan fingerprint density at radius 2 is 1.90 bits per heavy atom. The standard InChI is InChI=1S/C21H19Cl2FN4OS/c22-14-5-6-15(16(23)11-14)18-13-30-21(25-18)26-20(29)12-27-7-9-28(10-8-27)19-4-2-1-3-17(19)24/h1-6,11,13H,7-10,12H2,(H,25,26,29). The van der Waals surface area contributed by atoms with Crippen LogP contribution in [0.4, 0.5) is 15.2 Å². The van der Waals surface area contributed by atoms with Gasteiger partial charge in [0.05, 0.1) is 22.9 Å². The molecular weight excluding hydrogens is 446 g/mol. The Morgan fingerprint density at radius 1 is 1.13 bits per heavy atom. The maximum atomic E-state index is 14.0. The van der Waals surface area contributed by atoms with Gasteiger partial charge in [0.1, 0.15) is 5.82 Å². The van der Waals surface area contributed by atoms with Crippen molar-refractivity contribution in [2.45, 2.75) is 0 Å². The van der Waals surface area contributed by atoms with E-state index in [1.54, 1.807) is 30.3 Å². The Kier molecular flexibility index (Phi) is 6.53. The van der Waals surface area contributed by atoms with Crippen molar-refractivity contribution in [3.8, 4) is 11.3 Å². The molecule has 4 rings (SSSR count). The van der Waals surface area contributed by atoms with Gasteiger partial charge in [-0.05, 0) is 30.3 Å². The molecule has 1 aliphatic heterocycles. The maximum Gasteiger partial charge on any atom is 0.240 e. The molecule has 0 saturated carbocycles. The van der Waals surface area contributed by atoms with Gasteiger partial charge in [0, 0.05) is 42.1 Å². The van der Waals surface area contributed by atoms with Gasteiger partial charge in [0.15, 0.2) is 5.13 Å². The molecule has 0 aliphatic carbocycles. The van der Waals surface area contributed by atoms with Gasteiger partial charge in [-0.3, -0.25) is 9.69 Å². The molecule has 0 radical (unpaired) electrons. The van der Waals surface area contributed by atoms with Crippen LogP contribution < -0.4 is 10.2 Å². The third kappa shape index (κ3) is 4.92. The van der Waals surface area contributed by atoms with E-state index in [1.807, 2.05) is 16.3 Å². The zero-order valence-corrected chi connectivity index (χ0v) is 18.3. The number of thiazole rings is 1. The van der Waals surface area contributed by atoms with Crippen LogP contribution in [0, 0.1) is 5.82 Å². The van der Waals surface area contributed by atoms with E-state index in [0.29, 0.717) is 52.7 Å². The minimum atomic E-state index is -0.218. The fourth-order valence-electron chi connectivity index (χ4n) is 3.37. The molecule has 1 N–H and O–H groups in total. The molecule has 2 heterocycles. The Labute approximate surface area is 188 Å². The van der Waals surface area contributed by atoms with Crippen molar-refractivity contribution in [3.63, 3.8) is 0 Å². The van der Waals surface area contributed by atoms with E-state index in [9.17, 15) is 9.18 Å². The lowest BCUT2D eigenvalue weighted by molar-refractivity contribution is -0.117. The van der Waals surface area contributed by atoms with Crippen molar-refractivity contribution in [2.24, 2.45) is 0 Å². The number of benzene rings is 2. The molecule has 5 nitrogen and oxygen atoms in total. The molecule has 1 amide bonds. The van der Waals surface area contributed by atoms with E-state index < -0.39 is 0 Å². The van der Waals surface area contributed by atoms with E-state index in [1.165, 1.54) is 17.4 Å². The minimum absolute atomic E-state index is 0.127. The SMILES string of the molecule is O=C(CN1CCN(c2ccccc2F)CC1)Nc1nc(-c2ccc(Cl)cc2Cl)cs1. The van der Waals surface area contributed by atoms with Gasteiger partial charge < -0.3 is 10.2 Å². The predicted molar refractivity (Wildman–Crippen MR) is 121 cm³/mol. The van der Waals surface area contributed by atoms with Gasteiger partial charge in [0.2, 0.25) is 5.91 Å². The number of aromatic nitrogens is 1. The summed E-state index contributed by atoms with van der Waals surface area (Å²) in [7, 11) is 0. The summed E-state index contributed by atoms with van der Waals surface area (Å²) in [6, 6.07) is 12.0. The van der Waals surface area contributed by atoms with Gasteiger partial charge >= 0.3 is 0 Å². The van der Waals surface area contributed by atoms with Crippen LogP contribution in [0.1, 0.15) is 0 Å². The zero-order valence-electron chi connectivity index (χ0n) is 15.9. The largest absolute Gasteiger partial charge is 0.367 e. The summed E-state index contributed by atoms with van der Waals surface area (Å²) in [5.74, 6) is -0.346. The normalized spacial score (nSPS) is 14.7. The summed E-state index contributed by atoms with van der Waals surface area (Å²) in [5, 5.41) is 6.28. The summed E-state index contributed by atoms with van der Waals surface area (Å²) in [6.07, 6.45) is 0. The number of hydrogen-bond acceptors (Lipinski definition) is 5. The Morgan fingerprint density at radius 3 is 2.63 bits per heavy atom. The first-order chi connectivity index (χ1) is 14.5. The topological polar surface area (TPSA) is 48.5 Å². The minimum Gasteiger partial charge on any atom is -0.367 e. The summed E-state index contributed by atoms with van der Waals surface area (Å²) in [5.41, 5.74) is 2.07. The monoisotopic (exact) mass is 464 g/mol. The lowest BCUT2D eigenvalue weighted by Gasteiger charge is -2.35. The van der Waals surface area contributed by atoms with E-state index in [4.69, 9.17) is 23.2 Å². The molecule has 30 heavy (non-hydrogen) atoms. The van der Waals surface area contributed by atoms with Crippen LogP contribution in [-0.2, 0) is 4.79 Å². The molecule has 3 aromatic rings. The second-order valence-electron chi connectivity index (χ2n) is 6.92. The Balaban J connectivity index is 1.31. The highest BCUT2D eigenvalue weighted by molar-refractivity contribution is 7.14. The second kappa shape index (κ2) is 9.31. The molecule has 0 atom stereocenters. The molecule has 1 saturated heterocycles. The van der Waals surface area contributed by atoms with Crippen molar-refractivity contribution in [1.29, 1.82) is 0 Å². The van der Waals surface area contributed by atoms with Crippen LogP contribution >= 0.6 is 34.5 Å². The Bertz CT molecular complexity index is 1050. The van der Waals surface area contributed by atoms with Crippen LogP contribution in [0.5, 0.6) is 0 Å². The van der Waals surface area contributed by atoms with Crippen LogP contribution in [0.25, 0.3) is 11.3 Å². The molecule has 2 aromatic carbocycles. The highest BCUT2D eigenvalue weighted by atomic mass is 35.5. The molecular formula is C21H19Cl2FN4OS. The fraction of sp³-hybridized carbons (Fsp3) is 0.238. The predicted octanol–water partition coefficient (Wildman–Crippen LogP) is 5.02. The number of carbonyl (C=O) groups excluding carboxylic acids is 1. The highest BCUT2D eigenvalue weighted by Gasteiger charge is 2.21. The van der Waals surface area contributed by atoms with Crippen molar-refractivity contribution < 1.29 is 9.18 Å². The lowest BCUT2D eigenvalue weighted by atomic mass is 10.2. The third-order valence-corrected chi connectivity index (χ3v) is 6.20. The lowest BCUT2D eigenvalue weighted by Crippen LogP contribution is -2.48. The van der Waals surface area contributed by atoms with Gasteiger partial charge in [-0.2, -0.15) is 0 Å². The molecule has 1 aromatic heterocycles. The van der Waals surface area contributed by atoms with Crippen LogP contribution in [0.15, 0.2) is 47.8 Å². The van der Waals surface area contributed by atoms with Gasteiger partial charge in [-0.25, -0.2) is 9.37 Å². The van der Waals surface area contributed by atoms with Crippen LogP contribution in [0.3, 0.4) is 0 Å². The smallest absolute Gasteiger partial charge is 0.240 e. The van der Waals surface area contributed by atoms with E-state index in [0.717, 1.165) is 5.56 Å². The maximum absolute atomic E-state index is 14.0. The molecule has 9 heteroatoms. The Hall–Kier alpha value is -2.19. The first-order valence-corrected chi connectivity index (χ1v) is 11.1. The second-order valence-corrected chi connectivity index (χ2v) is 8.63.